The molecular formula is C21H22N4O3S. The summed E-state index contributed by atoms with van der Waals surface area (Å²) in [6.45, 7) is 5.81. The van der Waals surface area contributed by atoms with Crippen molar-refractivity contribution in [3.05, 3.63) is 48.0 Å². The minimum atomic E-state index is -0.315. The molecule has 1 aromatic carbocycles. The minimum Gasteiger partial charge on any atom is -0.497 e. The monoisotopic (exact) mass is 410 g/mol. The highest BCUT2D eigenvalue weighted by Crippen LogP contribution is 2.33. The first-order valence-electron chi connectivity index (χ1n) is 9.36. The number of carbonyl (C=O) groups excluding carboxylic acids is 1. The number of carbonyl (C=O) groups is 1. The number of nitrogens with zero attached hydrogens (tertiary/aromatic N) is 3. The van der Waals surface area contributed by atoms with Crippen molar-refractivity contribution in [2.45, 2.75) is 37.5 Å². The molecule has 0 aliphatic carbocycles. The van der Waals surface area contributed by atoms with E-state index < -0.39 is 0 Å². The zero-order chi connectivity index (χ0) is 20.5. The fourth-order valence-electron chi connectivity index (χ4n) is 3.30. The van der Waals surface area contributed by atoms with Crippen molar-refractivity contribution in [3.63, 3.8) is 0 Å². The van der Waals surface area contributed by atoms with Crippen molar-refractivity contribution >= 4 is 40.0 Å². The molecule has 1 amide bonds. The van der Waals surface area contributed by atoms with Gasteiger partial charge < -0.3 is 14.5 Å². The maximum absolute atomic E-state index is 12.9. The van der Waals surface area contributed by atoms with E-state index in [4.69, 9.17) is 9.15 Å². The van der Waals surface area contributed by atoms with Crippen LogP contribution in [0.5, 0.6) is 5.75 Å². The number of benzene rings is 1. The molecule has 1 atom stereocenters. The lowest BCUT2D eigenvalue weighted by Gasteiger charge is -2.15. The number of ether oxygens (including phenoxy) is 1. The number of methoxy groups -OCH3 is 1. The number of amides is 1. The molecule has 4 rings (SSSR count). The summed E-state index contributed by atoms with van der Waals surface area (Å²) in [4.78, 5) is 12.9. The van der Waals surface area contributed by atoms with Gasteiger partial charge in [0.05, 0.1) is 23.4 Å². The number of nitrogens with one attached hydrogen (secondary N) is 1. The van der Waals surface area contributed by atoms with Crippen molar-refractivity contribution in [2.75, 3.05) is 12.4 Å². The second-order valence-electron chi connectivity index (χ2n) is 6.76. The van der Waals surface area contributed by atoms with E-state index in [1.807, 2.05) is 55.5 Å². The number of aryl methyl sites for hydroxylation is 2. The van der Waals surface area contributed by atoms with Gasteiger partial charge in [0.15, 0.2) is 5.58 Å². The van der Waals surface area contributed by atoms with Crippen LogP contribution in [0.2, 0.25) is 0 Å². The number of fused-ring (bicyclic) bond motifs is 3. The van der Waals surface area contributed by atoms with Gasteiger partial charge in [-0.3, -0.25) is 9.20 Å². The number of anilines is 1. The molecule has 4 aromatic rings. The van der Waals surface area contributed by atoms with Gasteiger partial charge in [0, 0.05) is 23.9 Å². The summed E-state index contributed by atoms with van der Waals surface area (Å²) in [5.41, 5.74) is 3.34. The number of aromatic nitrogens is 3. The Kier molecular flexibility index (Phi) is 5.19. The molecule has 0 aliphatic heterocycles. The van der Waals surface area contributed by atoms with Crippen molar-refractivity contribution in [1.29, 1.82) is 0 Å². The van der Waals surface area contributed by atoms with Gasteiger partial charge in [-0.15, -0.1) is 10.2 Å². The van der Waals surface area contributed by atoms with Crippen LogP contribution in [0.1, 0.15) is 24.9 Å². The van der Waals surface area contributed by atoms with Crippen molar-refractivity contribution in [2.24, 2.45) is 0 Å². The summed E-state index contributed by atoms with van der Waals surface area (Å²) in [5.74, 6) is 2.23. The summed E-state index contributed by atoms with van der Waals surface area (Å²) >= 11 is 1.41. The number of rotatable bonds is 6. The first kappa shape index (κ1) is 19.3. The van der Waals surface area contributed by atoms with E-state index >= 15 is 0 Å². The average molecular weight is 410 g/mol. The Labute approximate surface area is 172 Å². The van der Waals surface area contributed by atoms with E-state index in [0.29, 0.717) is 22.9 Å². The number of hydrogen-bond donors (Lipinski definition) is 1. The Morgan fingerprint density at radius 1 is 1.24 bits per heavy atom. The molecule has 7 nitrogen and oxygen atoms in total. The van der Waals surface area contributed by atoms with Gasteiger partial charge in [-0.05, 0) is 32.4 Å². The van der Waals surface area contributed by atoms with Gasteiger partial charge in [0.2, 0.25) is 5.91 Å². The Morgan fingerprint density at radius 3 is 2.83 bits per heavy atom. The summed E-state index contributed by atoms with van der Waals surface area (Å²) in [6, 6.07) is 11.3. The number of thioether (sulfide) groups is 1. The first-order valence-corrected chi connectivity index (χ1v) is 10.2. The molecule has 8 heteroatoms. The third-order valence-electron chi connectivity index (χ3n) is 4.70. The predicted molar refractivity (Wildman–Crippen MR) is 114 cm³/mol. The second kappa shape index (κ2) is 7.79. The third-order valence-corrected chi connectivity index (χ3v) is 6.04. The summed E-state index contributed by atoms with van der Waals surface area (Å²) < 4.78 is 13.0. The van der Waals surface area contributed by atoms with Crippen LogP contribution in [0, 0.1) is 13.8 Å². The Balaban J connectivity index is 1.62. The SMILES string of the molecule is CCC(Sc1nnc(C)n2c1cc1oc(C)cc12)C(=O)Nc1cccc(OC)c1. The minimum absolute atomic E-state index is 0.0858. The number of furan rings is 1. The van der Waals surface area contributed by atoms with Gasteiger partial charge in [-0.2, -0.15) is 0 Å². The molecule has 29 heavy (non-hydrogen) atoms. The zero-order valence-corrected chi connectivity index (χ0v) is 17.5. The molecule has 0 bridgehead atoms. The highest BCUT2D eigenvalue weighted by atomic mass is 32.2. The highest BCUT2D eigenvalue weighted by Gasteiger charge is 2.22. The van der Waals surface area contributed by atoms with E-state index in [2.05, 4.69) is 15.5 Å². The molecule has 150 valence electrons. The predicted octanol–water partition coefficient (Wildman–Crippen LogP) is 4.61. The topological polar surface area (TPSA) is 81.7 Å². The average Bonchev–Trinajstić information content (AvgIpc) is 3.24. The molecule has 0 aliphatic rings. The summed E-state index contributed by atoms with van der Waals surface area (Å²) in [7, 11) is 1.60. The van der Waals surface area contributed by atoms with Gasteiger partial charge in [-0.1, -0.05) is 24.8 Å². The quantitative estimate of drug-likeness (QED) is 0.468. The Hall–Kier alpha value is -3.00. The van der Waals surface area contributed by atoms with Crippen LogP contribution in [-0.4, -0.2) is 32.9 Å². The van der Waals surface area contributed by atoms with Gasteiger partial charge >= 0.3 is 0 Å². The van der Waals surface area contributed by atoms with Crippen molar-refractivity contribution < 1.29 is 13.9 Å². The lowest BCUT2D eigenvalue weighted by molar-refractivity contribution is -0.115. The fourth-order valence-corrected chi connectivity index (χ4v) is 4.26. The van der Waals surface area contributed by atoms with E-state index in [0.717, 1.165) is 28.2 Å². The fraction of sp³-hybridized carbons (Fsp3) is 0.286. The third kappa shape index (κ3) is 3.67. The maximum Gasteiger partial charge on any atom is 0.237 e. The molecule has 0 spiro atoms. The number of hydrogen-bond acceptors (Lipinski definition) is 6. The Bertz CT molecular complexity index is 1200. The molecule has 0 fully saturated rings. The van der Waals surface area contributed by atoms with Crippen LogP contribution in [0.25, 0.3) is 16.6 Å². The van der Waals surface area contributed by atoms with Crippen LogP contribution in [0.3, 0.4) is 0 Å². The van der Waals surface area contributed by atoms with Gasteiger partial charge in [0.1, 0.15) is 22.4 Å². The van der Waals surface area contributed by atoms with Crippen LogP contribution < -0.4 is 10.1 Å². The van der Waals surface area contributed by atoms with Gasteiger partial charge in [0.25, 0.3) is 0 Å². The van der Waals surface area contributed by atoms with E-state index in [1.165, 1.54) is 11.8 Å². The molecule has 1 unspecified atom stereocenters. The molecule has 0 saturated heterocycles. The van der Waals surface area contributed by atoms with Gasteiger partial charge in [-0.25, -0.2) is 0 Å². The normalized spacial score (nSPS) is 12.4. The summed E-state index contributed by atoms with van der Waals surface area (Å²) in [6.07, 6.45) is 0.651. The molecule has 3 aromatic heterocycles. The molecule has 0 radical (unpaired) electrons. The van der Waals surface area contributed by atoms with E-state index in [9.17, 15) is 4.79 Å². The molecule has 0 saturated carbocycles. The zero-order valence-electron chi connectivity index (χ0n) is 16.7. The van der Waals surface area contributed by atoms with Crippen LogP contribution in [0.4, 0.5) is 5.69 Å². The molecule has 3 heterocycles. The van der Waals surface area contributed by atoms with Crippen molar-refractivity contribution in [1.82, 2.24) is 14.6 Å². The second-order valence-corrected chi connectivity index (χ2v) is 7.95. The Morgan fingerprint density at radius 2 is 2.07 bits per heavy atom. The standard InChI is InChI=1S/C21H22N4O3S/c1-5-19(20(26)22-14-7-6-8-15(10-14)27-4)29-21-17-11-18-16(9-12(2)28-18)25(17)13(3)23-24-21/h6-11,19H,5H2,1-4H3,(H,22,26). The van der Waals surface area contributed by atoms with Crippen LogP contribution in [0.15, 0.2) is 45.8 Å². The first-order chi connectivity index (χ1) is 14.0. The maximum atomic E-state index is 12.9. The van der Waals surface area contributed by atoms with Crippen LogP contribution >= 0.6 is 11.8 Å². The lowest BCUT2D eigenvalue weighted by atomic mass is 10.2. The highest BCUT2D eigenvalue weighted by molar-refractivity contribution is 8.00. The van der Waals surface area contributed by atoms with Crippen LogP contribution in [-0.2, 0) is 4.79 Å². The van der Waals surface area contributed by atoms with E-state index in [1.54, 1.807) is 13.2 Å². The molecule has 1 N–H and O–H groups in total. The largest absolute Gasteiger partial charge is 0.497 e. The molecular weight excluding hydrogens is 388 g/mol. The summed E-state index contributed by atoms with van der Waals surface area (Å²) in [5, 5.41) is 12.0. The van der Waals surface area contributed by atoms with E-state index in [-0.39, 0.29) is 11.2 Å². The van der Waals surface area contributed by atoms with Crippen molar-refractivity contribution in [3.8, 4) is 5.75 Å². The smallest absolute Gasteiger partial charge is 0.237 e. The lowest BCUT2D eigenvalue weighted by Crippen LogP contribution is -2.24.